The lowest BCUT2D eigenvalue weighted by Crippen LogP contribution is -2.14. The summed E-state index contributed by atoms with van der Waals surface area (Å²) < 4.78 is 45.1. The summed E-state index contributed by atoms with van der Waals surface area (Å²) in [4.78, 5) is 4.11. The molecular weight excluding hydrogens is 321 g/mol. The Balaban J connectivity index is 2.09. The van der Waals surface area contributed by atoms with Crippen molar-refractivity contribution in [2.75, 3.05) is 30.3 Å². The number of hydrogen-bond donors (Lipinski definition) is 2. The maximum Gasteiger partial charge on any atom is 0.261 e. The fourth-order valence-electron chi connectivity index (χ4n) is 1.84. The maximum absolute atomic E-state index is 13.2. The van der Waals surface area contributed by atoms with Gasteiger partial charge in [-0.15, -0.1) is 0 Å². The number of aromatic nitrogens is 1. The summed E-state index contributed by atoms with van der Waals surface area (Å²) in [7, 11) is -2.18. The van der Waals surface area contributed by atoms with Gasteiger partial charge in [-0.2, -0.15) is 0 Å². The summed E-state index contributed by atoms with van der Waals surface area (Å²) in [5.74, 6) is 0.166. The van der Waals surface area contributed by atoms with Crippen molar-refractivity contribution in [1.29, 1.82) is 0 Å². The highest BCUT2D eigenvalue weighted by Gasteiger charge is 2.15. The van der Waals surface area contributed by atoms with Crippen LogP contribution in [0.25, 0.3) is 0 Å². The number of halogens is 1. The van der Waals surface area contributed by atoms with Gasteiger partial charge in [0.15, 0.2) is 0 Å². The smallest absolute Gasteiger partial charge is 0.261 e. The van der Waals surface area contributed by atoms with Crippen molar-refractivity contribution in [2.24, 2.45) is 0 Å². The van der Waals surface area contributed by atoms with Crippen LogP contribution in [0.3, 0.4) is 0 Å². The van der Waals surface area contributed by atoms with Crippen LogP contribution in [0, 0.1) is 12.7 Å². The summed E-state index contributed by atoms with van der Waals surface area (Å²) in [6.45, 7) is 2.65. The second-order valence-electron chi connectivity index (χ2n) is 4.87. The number of sulfonamides is 1. The summed E-state index contributed by atoms with van der Waals surface area (Å²) in [6, 6.07) is 6.88. The third-order valence-electron chi connectivity index (χ3n) is 3.07. The second kappa shape index (κ2) is 7.38. The first-order valence-electron chi connectivity index (χ1n) is 6.90. The van der Waals surface area contributed by atoms with Crippen LogP contribution in [-0.4, -0.2) is 33.7 Å². The molecule has 0 aliphatic rings. The van der Waals surface area contributed by atoms with E-state index in [1.54, 1.807) is 19.2 Å². The van der Waals surface area contributed by atoms with E-state index < -0.39 is 15.8 Å². The topological polar surface area (TPSA) is 80.3 Å². The molecule has 6 nitrogen and oxygen atoms in total. The van der Waals surface area contributed by atoms with Crippen molar-refractivity contribution < 1.29 is 17.5 Å². The van der Waals surface area contributed by atoms with Crippen molar-refractivity contribution in [3.05, 3.63) is 47.9 Å². The number of rotatable bonds is 7. The van der Waals surface area contributed by atoms with Gasteiger partial charge in [0.25, 0.3) is 10.0 Å². The Morgan fingerprint density at radius 3 is 2.65 bits per heavy atom. The minimum absolute atomic E-state index is 0.00121. The lowest BCUT2D eigenvalue weighted by atomic mass is 10.2. The molecule has 8 heteroatoms. The second-order valence-corrected chi connectivity index (χ2v) is 6.55. The Hall–Kier alpha value is -2.19. The summed E-state index contributed by atoms with van der Waals surface area (Å²) in [5, 5.41) is 3.03. The molecule has 0 aliphatic heterocycles. The molecule has 0 bridgehead atoms. The largest absolute Gasteiger partial charge is 0.383 e. The standard InChI is InChI=1S/C15H18FN3O3S/c1-11-9-13(4-5-14(11)16)23(20,21)19-12-3-6-15(18-10-12)17-7-8-22-2/h3-6,9-10,19H,7-8H2,1-2H3,(H,17,18). The first kappa shape index (κ1) is 17.2. The number of ether oxygens (including phenoxy) is 1. The van der Waals surface area contributed by atoms with Crippen molar-refractivity contribution in [3.63, 3.8) is 0 Å². The Morgan fingerprint density at radius 2 is 2.04 bits per heavy atom. The van der Waals surface area contributed by atoms with Gasteiger partial charge in [-0.05, 0) is 42.8 Å². The summed E-state index contributed by atoms with van der Waals surface area (Å²) >= 11 is 0. The molecule has 0 saturated heterocycles. The zero-order valence-electron chi connectivity index (χ0n) is 12.8. The predicted octanol–water partition coefficient (Wildman–Crippen LogP) is 2.39. The van der Waals surface area contributed by atoms with E-state index >= 15 is 0 Å². The predicted molar refractivity (Wildman–Crippen MR) is 86.5 cm³/mol. The van der Waals surface area contributed by atoms with E-state index in [2.05, 4.69) is 15.0 Å². The van der Waals surface area contributed by atoms with Crippen molar-refractivity contribution >= 4 is 21.5 Å². The number of pyridine rings is 1. The number of hydrogen-bond acceptors (Lipinski definition) is 5. The molecule has 0 atom stereocenters. The van der Waals surface area contributed by atoms with Crippen LogP contribution in [0.1, 0.15) is 5.56 Å². The molecule has 0 aliphatic carbocycles. The van der Waals surface area contributed by atoms with Gasteiger partial charge >= 0.3 is 0 Å². The maximum atomic E-state index is 13.2. The minimum atomic E-state index is -3.78. The first-order valence-corrected chi connectivity index (χ1v) is 8.38. The van der Waals surface area contributed by atoms with Gasteiger partial charge in [0, 0.05) is 13.7 Å². The van der Waals surface area contributed by atoms with Crippen molar-refractivity contribution in [1.82, 2.24) is 4.98 Å². The monoisotopic (exact) mass is 339 g/mol. The van der Waals surface area contributed by atoms with Gasteiger partial charge in [-0.1, -0.05) is 0 Å². The first-order chi connectivity index (χ1) is 10.9. The average Bonchev–Trinajstić information content (AvgIpc) is 2.51. The van der Waals surface area contributed by atoms with E-state index in [0.29, 0.717) is 24.7 Å². The molecule has 2 rings (SSSR count). The average molecular weight is 339 g/mol. The lowest BCUT2D eigenvalue weighted by Gasteiger charge is -2.10. The third kappa shape index (κ3) is 4.64. The lowest BCUT2D eigenvalue weighted by molar-refractivity contribution is 0.210. The molecule has 1 aromatic heterocycles. The van der Waals surface area contributed by atoms with E-state index in [1.165, 1.54) is 25.3 Å². The molecule has 124 valence electrons. The van der Waals surface area contributed by atoms with Gasteiger partial charge in [0.05, 0.1) is 23.4 Å². The molecule has 0 spiro atoms. The fraction of sp³-hybridized carbons (Fsp3) is 0.267. The van der Waals surface area contributed by atoms with Crippen LogP contribution in [-0.2, 0) is 14.8 Å². The molecule has 2 aromatic rings. The Morgan fingerprint density at radius 1 is 1.26 bits per heavy atom. The number of benzene rings is 1. The quantitative estimate of drug-likeness (QED) is 0.757. The molecule has 0 amide bonds. The molecule has 0 fully saturated rings. The highest BCUT2D eigenvalue weighted by atomic mass is 32.2. The molecule has 0 radical (unpaired) electrons. The molecule has 1 aromatic carbocycles. The SMILES string of the molecule is COCCNc1ccc(NS(=O)(=O)c2ccc(F)c(C)c2)cn1. The van der Waals surface area contributed by atoms with Crippen LogP contribution in [0.2, 0.25) is 0 Å². The third-order valence-corrected chi connectivity index (χ3v) is 4.45. The van der Waals surface area contributed by atoms with Crippen LogP contribution < -0.4 is 10.0 Å². The molecule has 23 heavy (non-hydrogen) atoms. The van der Waals surface area contributed by atoms with Crippen LogP contribution in [0.15, 0.2) is 41.4 Å². The summed E-state index contributed by atoms with van der Waals surface area (Å²) in [6.07, 6.45) is 1.41. The zero-order chi connectivity index (χ0) is 16.9. The van der Waals surface area contributed by atoms with E-state index in [9.17, 15) is 12.8 Å². The molecular formula is C15H18FN3O3S. The van der Waals surface area contributed by atoms with E-state index in [1.807, 2.05) is 0 Å². The molecule has 0 saturated carbocycles. The van der Waals surface area contributed by atoms with Crippen LogP contribution in [0.4, 0.5) is 15.9 Å². The Bertz CT molecular complexity index is 764. The minimum Gasteiger partial charge on any atom is -0.383 e. The number of anilines is 2. The molecule has 1 heterocycles. The summed E-state index contributed by atoms with van der Waals surface area (Å²) in [5.41, 5.74) is 0.591. The van der Waals surface area contributed by atoms with Crippen LogP contribution in [0.5, 0.6) is 0 Å². The van der Waals surface area contributed by atoms with Gasteiger partial charge in [0.1, 0.15) is 11.6 Å². The molecule has 2 N–H and O–H groups in total. The van der Waals surface area contributed by atoms with E-state index in [0.717, 1.165) is 6.07 Å². The highest BCUT2D eigenvalue weighted by molar-refractivity contribution is 7.92. The number of aryl methyl sites for hydroxylation is 1. The number of nitrogens with zero attached hydrogens (tertiary/aromatic N) is 1. The Labute approximate surface area is 134 Å². The highest BCUT2D eigenvalue weighted by Crippen LogP contribution is 2.18. The van der Waals surface area contributed by atoms with Gasteiger partial charge in [-0.3, -0.25) is 4.72 Å². The van der Waals surface area contributed by atoms with Crippen LogP contribution >= 0.6 is 0 Å². The van der Waals surface area contributed by atoms with Gasteiger partial charge in [-0.25, -0.2) is 17.8 Å². The Kier molecular flexibility index (Phi) is 5.51. The molecule has 0 unspecified atom stereocenters. The van der Waals surface area contributed by atoms with E-state index in [-0.39, 0.29) is 10.5 Å². The number of nitrogens with one attached hydrogen (secondary N) is 2. The zero-order valence-corrected chi connectivity index (χ0v) is 13.7. The van der Waals surface area contributed by atoms with Gasteiger partial charge < -0.3 is 10.1 Å². The van der Waals surface area contributed by atoms with Gasteiger partial charge in [0.2, 0.25) is 0 Å². The fourth-order valence-corrected chi connectivity index (χ4v) is 2.97. The van der Waals surface area contributed by atoms with E-state index in [4.69, 9.17) is 4.74 Å². The normalized spacial score (nSPS) is 11.3. The van der Waals surface area contributed by atoms with Crippen molar-refractivity contribution in [3.8, 4) is 0 Å². The number of methoxy groups -OCH3 is 1. The van der Waals surface area contributed by atoms with Crippen molar-refractivity contribution in [2.45, 2.75) is 11.8 Å².